The van der Waals surface area contributed by atoms with E-state index in [1.165, 1.54) is 0 Å². The van der Waals surface area contributed by atoms with Crippen molar-refractivity contribution in [2.75, 3.05) is 39.6 Å². The Kier molecular flexibility index (Phi) is 14.0. The molecule has 128 valence electrons. The molecule has 1 rings (SSSR count). The van der Waals surface area contributed by atoms with Crippen LogP contribution in [-0.4, -0.2) is 64.8 Å². The highest BCUT2D eigenvalue weighted by atomic mass is 28.4. The van der Waals surface area contributed by atoms with Gasteiger partial charge in [-0.1, -0.05) is 6.92 Å². The Balaban J connectivity index is 0.000000690. The summed E-state index contributed by atoms with van der Waals surface area (Å²) in [5.74, 6) is 0. The molecular weight excluding hydrogens is 304 g/mol. The van der Waals surface area contributed by atoms with Crippen molar-refractivity contribution in [2.45, 2.75) is 52.3 Å². The van der Waals surface area contributed by atoms with Crippen LogP contribution in [0.15, 0.2) is 0 Å². The van der Waals surface area contributed by atoms with Crippen LogP contribution in [0.3, 0.4) is 0 Å². The van der Waals surface area contributed by atoms with Gasteiger partial charge >= 0.3 is 8.56 Å². The summed E-state index contributed by atoms with van der Waals surface area (Å²) in [6.07, 6.45) is 2.53. The molecule has 1 heterocycles. The molecular formula is C14H34O5Si2. The van der Waals surface area contributed by atoms with Gasteiger partial charge in [-0.3, -0.25) is 0 Å². The molecule has 21 heavy (non-hydrogen) atoms. The van der Waals surface area contributed by atoms with E-state index in [9.17, 15) is 0 Å². The summed E-state index contributed by atoms with van der Waals surface area (Å²) in [5, 5.41) is 0. The first-order valence-corrected chi connectivity index (χ1v) is 11.4. The molecule has 0 saturated carbocycles. The van der Waals surface area contributed by atoms with E-state index >= 15 is 0 Å². The molecule has 1 fully saturated rings. The molecule has 1 unspecified atom stereocenters. The standard InChI is InChI=1S/C11H24O4Si.C3H10OSi/c1-4-14-16(3,15-5-2)8-6-7-12-9-11-10-13-11;1-2-3-4-5/h11H,4-10H2,1-3H3;2-3H2,1,5H3. The van der Waals surface area contributed by atoms with Crippen LogP contribution in [-0.2, 0) is 22.8 Å². The Morgan fingerprint density at radius 3 is 2.14 bits per heavy atom. The minimum Gasteiger partial charge on any atom is -0.428 e. The van der Waals surface area contributed by atoms with Gasteiger partial charge in [0.15, 0.2) is 0 Å². The monoisotopic (exact) mass is 338 g/mol. The van der Waals surface area contributed by atoms with E-state index < -0.39 is 8.56 Å². The lowest BCUT2D eigenvalue weighted by atomic mass is 10.5. The van der Waals surface area contributed by atoms with Gasteiger partial charge in [0.05, 0.1) is 13.2 Å². The number of epoxide rings is 1. The van der Waals surface area contributed by atoms with Gasteiger partial charge in [0.2, 0.25) is 0 Å². The summed E-state index contributed by atoms with van der Waals surface area (Å²) >= 11 is 0. The van der Waals surface area contributed by atoms with Crippen LogP contribution in [0.4, 0.5) is 0 Å². The van der Waals surface area contributed by atoms with Crippen molar-refractivity contribution in [1.29, 1.82) is 0 Å². The molecule has 0 aromatic carbocycles. The van der Waals surface area contributed by atoms with Crippen LogP contribution >= 0.6 is 0 Å². The Labute approximate surface area is 134 Å². The van der Waals surface area contributed by atoms with Gasteiger partial charge in [0.25, 0.3) is 0 Å². The minimum atomic E-state index is -1.92. The maximum absolute atomic E-state index is 5.75. The summed E-state index contributed by atoms with van der Waals surface area (Å²) in [6, 6.07) is 1.00. The molecule has 1 saturated heterocycles. The summed E-state index contributed by atoms with van der Waals surface area (Å²) in [5.41, 5.74) is 0. The molecule has 0 N–H and O–H groups in total. The van der Waals surface area contributed by atoms with Crippen LogP contribution < -0.4 is 0 Å². The fourth-order valence-corrected chi connectivity index (χ4v) is 4.66. The Morgan fingerprint density at radius 1 is 1.14 bits per heavy atom. The molecule has 1 aliphatic rings. The van der Waals surface area contributed by atoms with Gasteiger partial charge in [0, 0.05) is 26.4 Å². The number of rotatable bonds is 12. The van der Waals surface area contributed by atoms with Crippen LogP contribution in [0, 0.1) is 0 Å². The second-order valence-electron chi connectivity index (χ2n) is 5.13. The first kappa shape index (κ1) is 21.2. The van der Waals surface area contributed by atoms with E-state index in [0.29, 0.717) is 6.10 Å². The lowest BCUT2D eigenvalue weighted by Gasteiger charge is -2.25. The van der Waals surface area contributed by atoms with Crippen LogP contribution in [0.2, 0.25) is 12.6 Å². The van der Waals surface area contributed by atoms with Gasteiger partial charge < -0.3 is 22.8 Å². The molecule has 0 radical (unpaired) electrons. The SMILES string of the molecule is CCCO[SiH3].CCO[Si](C)(CCCOCC1CO1)OCC. The Morgan fingerprint density at radius 2 is 1.76 bits per heavy atom. The maximum atomic E-state index is 5.75. The third-order valence-corrected chi connectivity index (χ3v) is 6.40. The molecule has 0 aliphatic carbocycles. The molecule has 0 aromatic heterocycles. The van der Waals surface area contributed by atoms with Crippen LogP contribution in [0.1, 0.15) is 33.6 Å². The largest absolute Gasteiger partial charge is 0.428 e. The van der Waals surface area contributed by atoms with Gasteiger partial charge in [-0.15, -0.1) is 0 Å². The van der Waals surface area contributed by atoms with Gasteiger partial charge in [-0.2, -0.15) is 0 Å². The highest BCUT2D eigenvalue weighted by Gasteiger charge is 2.30. The van der Waals surface area contributed by atoms with E-state index in [1.54, 1.807) is 0 Å². The first-order valence-electron chi connectivity index (χ1n) is 8.08. The third kappa shape index (κ3) is 13.6. The fraction of sp³-hybridized carbons (Fsp3) is 1.00. The number of ether oxygens (including phenoxy) is 2. The highest BCUT2D eigenvalue weighted by Crippen LogP contribution is 2.16. The van der Waals surface area contributed by atoms with E-state index in [1.807, 2.05) is 13.8 Å². The summed E-state index contributed by atoms with van der Waals surface area (Å²) in [7, 11) is -1.02. The smallest absolute Gasteiger partial charge is 0.334 e. The normalized spacial score (nSPS) is 17.4. The van der Waals surface area contributed by atoms with E-state index in [0.717, 1.165) is 69.0 Å². The molecule has 1 aliphatic heterocycles. The number of hydrogen-bond donors (Lipinski definition) is 0. The van der Waals surface area contributed by atoms with E-state index in [4.69, 9.17) is 22.8 Å². The molecule has 0 aromatic rings. The Bertz CT molecular complexity index is 219. The lowest BCUT2D eigenvalue weighted by molar-refractivity contribution is 0.113. The highest BCUT2D eigenvalue weighted by molar-refractivity contribution is 6.66. The van der Waals surface area contributed by atoms with Gasteiger partial charge in [-0.05, 0) is 39.3 Å². The third-order valence-electron chi connectivity index (χ3n) is 2.93. The van der Waals surface area contributed by atoms with Gasteiger partial charge in [-0.25, -0.2) is 0 Å². The second-order valence-corrected chi connectivity index (χ2v) is 9.05. The van der Waals surface area contributed by atoms with E-state index in [2.05, 4.69) is 13.5 Å². The molecule has 5 nitrogen and oxygen atoms in total. The van der Waals surface area contributed by atoms with Crippen molar-refractivity contribution in [3.8, 4) is 0 Å². The lowest BCUT2D eigenvalue weighted by Crippen LogP contribution is -2.38. The van der Waals surface area contributed by atoms with Crippen molar-refractivity contribution in [1.82, 2.24) is 0 Å². The molecule has 0 spiro atoms. The number of hydrogen-bond acceptors (Lipinski definition) is 5. The summed E-state index contributed by atoms with van der Waals surface area (Å²) in [6.45, 7) is 13.1. The predicted octanol–water partition coefficient (Wildman–Crippen LogP) is 1.63. The predicted molar refractivity (Wildman–Crippen MR) is 91.0 cm³/mol. The average molecular weight is 339 g/mol. The zero-order valence-electron chi connectivity index (χ0n) is 14.5. The van der Waals surface area contributed by atoms with E-state index in [-0.39, 0.29) is 0 Å². The second kappa shape index (κ2) is 13.9. The Hall–Kier alpha value is 0.234. The topological polar surface area (TPSA) is 49.5 Å². The quantitative estimate of drug-likeness (QED) is 0.307. The minimum absolute atomic E-state index is 0.363. The van der Waals surface area contributed by atoms with Crippen molar-refractivity contribution in [2.24, 2.45) is 0 Å². The zero-order chi connectivity index (χ0) is 16.0. The fourth-order valence-electron chi connectivity index (χ4n) is 1.88. The molecule has 0 bridgehead atoms. The molecule has 7 heteroatoms. The average Bonchev–Trinajstić information content (AvgIpc) is 3.25. The zero-order valence-corrected chi connectivity index (χ0v) is 17.5. The van der Waals surface area contributed by atoms with Gasteiger partial charge in [0.1, 0.15) is 16.6 Å². The van der Waals surface area contributed by atoms with Crippen molar-refractivity contribution < 1.29 is 22.8 Å². The first-order chi connectivity index (χ1) is 10.1. The maximum Gasteiger partial charge on any atom is 0.334 e. The van der Waals surface area contributed by atoms with Crippen molar-refractivity contribution >= 4 is 19.0 Å². The van der Waals surface area contributed by atoms with Crippen molar-refractivity contribution in [3.63, 3.8) is 0 Å². The van der Waals surface area contributed by atoms with Crippen molar-refractivity contribution in [3.05, 3.63) is 0 Å². The molecule has 0 amide bonds. The molecule has 1 atom stereocenters. The van der Waals surface area contributed by atoms with Crippen LogP contribution in [0.5, 0.6) is 0 Å². The summed E-state index contributed by atoms with van der Waals surface area (Å²) in [4.78, 5) is 0. The summed E-state index contributed by atoms with van der Waals surface area (Å²) < 4.78 is 26.9. The van der Waals surface area contributed by atoms with Crippen LogP contribution in [0.25, 0.3) is 0 Å².